The molecule has 0 spiro atoms. The third-order valence-corrected chi connectivity index (χ3v) is 5.78. The van der Waals surface area contributed by atoms with E-state index in [-0.39, 0.29) is 11.0 Å². The van der Waals surface area contributed by atoms with Gasteiger partial charge >= 0.3 is 0 Å². The van der Waals surface area contributed by atoms with Crippen molar-refractivity contribution < 1.29 is 0 Å². The van der Waals surface area contributed by atoms with Gasteiger partial charge in [-0.3, -0.25) is 0 Å². The Morgan fingerprint density at radius 2 is 1.95 bits per heavy atom. The van der Waals surface area contributed by atoms with Crippen molar-refractivity contribution in [3.8, 4) is 0 Å². The molecule has 1 aliphatic carbocycles. The lowest BCUT2D eigenvalue weighted by atomic mass is 9.75. The van der Waals surface area contributed by atoms with Crippen LogP contribution in [0.5, 0.6) is 0 Å². The molecule has 0 amide bonds. The molecule has 1 saturated carbocycles. The van der Waals surface area contributed by atoms with Crippen molar-refractivity contribution >= 4 is 11.3 Å². The first-order valence-electron chi connectivity index (χ1n) is 8.13. The summed E-state index contributed by atoms with van der Waals surface area (Å²) in [5.74, 6) is 0.920. The van der Waals surface area contributed by atoms with Crippen LogP contribution in [0.4, 0.5) is 0 Å². The third-order valence-electron chi connectivity index (χ3n) is 4.73. The van der Waals surface area contributed by atoms with Crippen LogP contribution in [-0.2, 0) is 11.0 Å². The molecular weight excluding hydrogens is 264 g/mol. The van der Waals surface area contributed by atoms with Crippen LogP contribution >= 0.6 is 11.3 Å². The van der Waals surface area contributed by atoms with Gasteiger partial charge in [0.2, 0.25) is 0 Å². The van der Waals surface area contributed by atoms with Crippen LogP contribution in [0.15, 0.2) is 5.38 Å². The van der Waals surface area contributed by atoms with Gasteiger partial charge in [0.15, 0.2) is 0 Å². The van der Waals surface area contributed by atoms with Gasteiger partial charge < -0.3 is 5.32 Å². The number of nitrogens with zero attached hydrogens (tertiary/aromatic N) is 1. The minimum atomic E-state index is 0.147. The van der Waals surface area contributed by atoms with Crippen LogP contribution in [0.1, 0.15) is 77.4 Å². The van der Waals surface area contributed by atoms with Gasteiger partial charge in [0.1, 0.15) is 5.01 Å². The molecule has 0 saturated heterocycles. The van der Waals surface area contributed by atoms with Crippen molar-refractivity contribution in [2.24, 2.45) is 5.92 Å². The van der Waals surface area contributed by atoms with E-state index in [4.69, 9.17) is 4.98 Å². The summed E-state index contributed by atoms with van der Waals surface area (Å²) in [6.07, 6.45) is 6.50. The molecule has 1 fully saturated rings. The van der Waals surface area contributed by atoms with Crippen LogP contribution in [0.3, 0.4) is 0 Å². The van der Waals surface area contributed by atoms with Gasteiger partial charge in [-0.1, -0.05) is 41.0 Å². The minimum absolute atomic E-state index is 0.147. The maximum atomic E-state index is 5.00. The van der Waals surface area contributed by atoms with Crippen molar-refractivity contribution in [1.82, 2.24) is 10.3 Å². The van der Waals surface area contributed by atoms with E-state index in [1.165, 1.54) is 42.8 Å². The molecule has 0 bridgehead atoms. The van der Waals surface area contributed by atoms with Gasteiger partial charge in [-0.25, -0.2) is 4.98 Å². The van der Waals surface area contributed by atoms with Crippen LogP contribution in [0, 0.1) is 5.92 Å². The van der Waals surface area contributed by atoms with E-state index in [2.05, 4.69) is 45.3 Å². The maximum Gasteiger partial charge on any atom is 0.113 e. The van der Waals surface area contributed by atoms with Crippen LogP contribution in [0.2, 0.25) is 0 Å². The Labute approximate surface area is 128 Å². The first-order valence-corrected chi connectivity index (χ1v) is 9.00. The fraction of sp³-hybridized carbons (Fsp3) is 0.824. The van der Waals surface area contributed by atoms with E-state index in [1.807, 2.05) is 11.3 Å². The lowest BCUT2D eigenvalue weighted by Crippen LogP contribution is -2.45. The Kier molecular flexibility index (Phi) is 4.91. The van der Waals surface area contributed by atoms with Gasteiger partial charge in [0.05, 0.1) is 11.2 Å². The minimum Gasteiger partial charge on any atom is -0.306 e. The predicted molar refractivity (Wildman–Crippen MR) is 88.4 cm³/mol. The molecule has 0 radical (unpaired) electrons. The molecule has 3 heteroatoms. The second-order valence-electron chi connectivity index (χ2n) is 7.25. The zero-order valence-electron chi connectivity index (χ0n) is 13.8. The van der Waals surface area contributed by atoms with Gasteiger partial charge in [-0.05, 0) is 38.1 Å². The molecule has 0 aromatic carbocycles. The lowest BCUT2D eigenvalue weighted by Gasteiger charge is -2.39. The van der Waals surface area contributed by atoms with Crippen molar-refractivity contribution in [3.05, 3.63) is 16.1 Å². The van der Waals surface area contributed by atoms with Crippen LogP contribution in [-0.4, -0.2) is 11.5 Å². The molecule has 1 heterocycles. The van der Waals surface area contributed by atoms with Gasteiger partial charge in [0, 0.05) is 10.8 Å². The summed E-state index contributed by atoms with van der Waals surface area (Å²) in [7, 11) is 0. The van der Waals surface area contributed by atoms with Crippen LogP contribution < -0.4 is 5.32 Å². The fourth-order valence-electron chi connectivity index (χ4n) is 3.22. The van der Waals surface area contributed by atoms with Crippen molar-refractivity contribution in [2.45, 2.75) is 77.7 Å². The van der Waals surface area contributed by atoms with E-state index < -0.39 is 0 Å². The highest BCUT2D eigenvalue weighted by Gasteiger charge is 2.38. The molecule has 0 aliphatic heterocycles. The Morgan fingerprint density at radius 1 is 1.30 bits per heavy atom. The van der Waals surface area contributed by atoms with E-state index in [1.54, 1.807) is 0 Å². The molecule has 1 aromatic rings. The van der Waals surface area contributed by atoms with E-state index >= 15 is 0 Å². The summed E-state index contributed by atoms with van der Waals surface area (Å²) in [5, 5.41) is 7.35. The van der Waals surface area contributed by atoms with Crippen molar-refractivity contribution in [2.75, 3.05) is 6.54 Å². The van der Waals surface area contributed by atoms with E-state index in [0.717, 1.165) is 12.5 Å². The van der Waals surface area contributed by atoms with E-state index in [9.17, 15) is 0 Å². The molecule has 0 atom stereocenters. The predicted octanol–water partition coefficient (Wildman–Crippen LogP) is 4.85. The molecule has 1 aromatic heterocycles. The number of hydrogen-bond donors (Lipinski definition) is 1. The van der Waals surface area contributed by atoms with Gasteiger partial charge in [-0.2, -0.15) is 0 Å². The number of hydrogen-bond acceptors (Lipinski definition) is 3. The number of nitrogens with one attached hydrogen (secondary N) is 1. The molecule has 1 N–H and O–H groups in total. The second-order valence-corrected chi connectivity index (χ2v) is 8.11. The molecular formula is C17H30N2S. The molecule has 2 rings (SSSR count). The summed E-state index contributed by atoms with van der Waals surface area (Å²) in [5.41, 5.74) is 1.55. The summed E-state index contributed by atoms with van der Waals surface area (Å²) in [4.78, 5) is 5.00. The largest absolute Gasteiger partial charge is 0.306 e. The van der Waals surface area contributed by atoms with E-state index in [0.29, 0.717) is 0 Å². The summed E-state index contributed by atoms with van der Waals surface area (Å²) in [6.45, 7) is 12.3. The molecule has 2 nitrogen and oxygen atoms in total. The standard InChI is InChI=1S/C17H30N2S/c1-6-13-8-10-17(11-9-13,18-7-2)15-19-14(12-20-15)16(3,4)5/h12-13,18H,6-11H2,1-5H3. The zero-order chi connectivity index (χ0) is 14.8. The number of aromatic nitrogens is 1. The molecule has 1 aliphatic rings. The van der Waals surface area contributed by atoms with Gasteiger partial charge in [0.25, 0.3) is 0 Å². The maximum absolute atomic E-state index is 5.00. The Balaban J connectivity index is 2.23. The van der Waals surface area contributed by atoms with Crippen molar-refractivity contribution in [1.29, 1.82) is 0 Å². The highest BCUT2D eigenvalue weighted by molar-refractivity contribution is 7.09. The number of rotatable bonds is 4. The average Bonchev–Trinajstić information content (AvgIpc) is 2.90. The first-order chi connectivity index (χ1) is 9.41. The normalized spacial score (nSPS) is 27.8. The summed E-state index contributed by atoms with van der Waals surface area (Å²) < 4.78 is 0. The topological polar surface area (TPSA) is 24.9 Å². The molecule has 20 heavy (non-hydrogen) atoms. The molecule has 0 unspecified atom stereocenters. The van der Waals surface area contributed by atoms with Crippen LogP contribution in [0.25, 0.3) is 0 Å². The first kappa shape index (κ1) is 16.0. The average molecular weight is 295 g/mol. The number of thiazole rings is 1. The summed E-state index contributed by atoms with van der Waals surface area (Å²) >= 11 is 1.86. The smallest absolute Gasteiger partial charge is 0.113 e. The lowest BCUT2D eigenvalue weighted by molar-refractivity contribution is 0.187. The fourth-order valence-corrected chi connectivity index (χ4v) is 4.50. The highest BCUT2D eigenvalue weighted by Crippen LogP contribution is 2.42. The zero-order valence-corrected chi connectivity index (χ0v) is 14.6. The molecule has 114 valence electrons. The van der Waals surface area contributed by atoms with Crippen molar-refractivity contribution in [3.63, 3.8) is 0 Å². The Morgan fingerprint density at radius 3 is 2.40 bits per heavy atom. The van der Waals surface area contributed by atoms with Gasteiger partial charge in [-0.15, -0.1) is 11.3 Å². The quantitative estimate of drug-likeness (QED) is 0.859. The Bertz CT molecular complexity index is 422. The second kappa shape index (κ2) is 6.15. The monoisotopic (exact) mass is 294 g/mol. The highest BCUT2D eigenvalue weighted by atomic mass is 32.1. The SMILES string of the molecule is CCNC1(c2nc(C(C)(C)C)cs2)CCC(CC)CC1. The third kappa shape index (κ3) is 3.25. The Hall–Kier alpha value is -0.410. The summed E-state index contributed by atoms with van der Waals surface area (Å²) in [6, 6.07) is 0.